The van der Waals surface area contributed by atoms with Gasteiger partial charge in [0.2, 0.25) is 5.95 Å². The molecule has 0 aromatic carbocycles. The zero-order valence-electron chi connectivity index (χ0n) is 10.6. The normalized spacial score (nSPS) is 12.8. The molecule has 1 unspecified atom stereocenters. The van der Waals surface area contributed by atoms with Crippen molar-refractivity contribution < 1.29 is 0 Å². The van der Waals surface area contributed by atoms with Crippen molar-refractivity contribution in [3.63, 3.8) is 0 Å². The molecule has 0 saturated heterocycles. The molecule has 0 spiro atoms. The van der Waals surface area contributed by atoms with E-state index in [-0.39, 0.29) is 0 Å². The topological polar surface area (TPSA) is 63.8 Å². The molecule has 0 bridgehead atoms. The van der Waals surface area contributed by atoms with Crippen LogP contribution < -0.4 is 11.1 Å². The largest absolute Gasteiger partial charge is 0.368 e. The third kappa shape index (κ3) is 3.36. The van der Waals surface area contributed by atoms with Gasteiger partial charge < -0.3 is 11.1 Å². The van der Waals surface area contributed by atoms with Crippen molar-refractivity contribution in [2.45, 2.75) is 46.6 Å². The van der Waals surface area contributed by atoms with Gasteiger partial charge in [-0.25, -0.2) is 4.98 Å². The lowest BCUT2D eigenvalue weighted by atomic mass is 9.95. The summed E-state index contributed by atoms with van der Waals surface area (Å²) in [4.78, 5) is 8.23. The fraction of sp³-hybridized carbons (Fsp3) is 0.667. The summed E-state index contributed by atoms with van der Waals surface area (Å²) in [5, 5.41) is 3.39. The smallest absolute Gasteiger partial charge is 0.222 e. The number of aromatic nitrogens is 2. The predicted molar refractivity (Wildman–Crippen MR) is 68.3 cm³/mol. The van der Waals surface area contributed by atoms with E-state index in [0.29, 0.717) is 17.9 Å². The van der Waals surface area contributed by atoms with E-state index < -0.39 is 0 Å². The van der Waals surface area contributed by atoms with Crippen LogP contribution in [0, 0.1) is 12.8 Å². The minimum atomic E-state index is 0.333. The van der Waals surface area contributed by atoms with Crippen molar-refractivity contribution in [2.75, 3.05) is 11.1 Å². The first-order chi connectivity index (χ1) is 7.56. The summed E-state index contributed by atoms with van der Waals surface area (Å²) >= 11 is 0. The van der Waals surface area contributed by atoms with Crippen molar-refractivity contribution >= 4 is 11.8 Å². The zero-order valence-corrected chi connectivity index (χ0v) is 10.6. The summed E-state index contributed by atoms with van der Waals surface area (Å²) in [5.41, 5.74) is 6.51. The van der Waals surface area contributed by atoms with Gasteiger partial charge in [0.05, 0.1) is 0 Å². The predicted octanol–water partition coefficient (Wildman–Crippen LogP) is 2.60. The van der Waals surface area contributed by atoms with Crippen LogP contribution in [0.3, 0.4) is 0 Å². The number of hydrogen-bond donors (Lipinski definition) is 2. The fourth-order valence-electron chi connectivity index (χ4n) is 2.01. The number of nitrogens with zero attached hydrogens (tertiary/aromatic N) is 2. The second-order valence-electron chi connectivity index (χ2n) is 4.26. The lowest BCUT2D eigenvalue weighted by Gasteiger charge is -2.23. The van der Waals surface area contributed by atoms with Gasteiger partial charge in [0.15, 0.2) is 0 Å². The first-order valence-electron chi connectivity index (χ1n) is 5.94. The minimum absolute atomic E-state index is 0.333. The van der Waals surface area contributed by atoms with Gasteiger partial charge in [-0.1, -0.05) is 26.7 Å². The second-order valence-corrected chi connectivity index (χ2v) is 4.26. The first kappa shape index (κ1) is 12.7. The molecule has 0 radical (unpaired) electrons. The molecule has 0 aliphatic carbocycles. The summed E-state index contributed by atoms with van der Waals surface area (Å²) in [5.74, 6) is 1.82. The quantitative estimate of drug-likeness (QED) is 0.803. The molecule has 16 heavy (non-hydrogen) atoms. The highest BCUT2D eigenvalue weighted by Gasteiger charge is 2.13. The molecule has 0 saturated carbocycles. The van der Waals surface area contributed by atoms with E-state index in [4.69, 9.17) is 5.73 Å². The Morgan fingerprint density at radius 3 is 2.44 bits per heavy atom. The van der Waals surface area contributed by atoms with Gasteiger partial charge in [0, 0.05) is 17.8 Å². The Balaban J connectivity index is 2.72. The summed E-state index contributed by atoms with van der Waals surface area (Å²) in [6, 6.07) is 2.33. The molecule has 1 rings (SSSR count). The Kier molecular flexibility index (Phi) is 4.52. The molecule has 0 amide bonds. The summed E-state index contributed by atoms with van der Waals surface area (Å²) in [6.45, 7) is 8.54. The van der Waals surface area contributed by atoms with Crippen LogP contribution in [0.2, 0.25) is 0 Å². The van der Waals surface area contributed by atoms with Crippen LogP contribution in [0.25, 0.3) is 0 Å². The average Bonchev–Trinajstić information content (AvgIpc) is 2.17. The van der Waals surface area contributed by atoms with Crippen LogP contribution >= 0.6 is 0 Å². The molecule has 4 heteroatoms. The molecule has 1 aromatic rings. The number of aryl methyl sites for hydroxylation is 1. The monoisotopic (exact) mass is 222 g/mol. The first-order valence-corrected chi connectivity index (χ1v) is 5.94. The minimum Gasteiger partial charge on any atom is -0.368 e. The second kappa shape index (κ2) is 5.68. The lowest BCUT2D eigenvalue weighted by Crippen LogP contribution is -2.25. The Hall–Kier alpha value is -1.32. The Morgan fingerprint density at radius 1 is 1.31 bits per heavy atom. The fourth-order valence-corrected chi connectivity index (χ4v) is 2.01. The number of anilines is 2. The van der Waals surface area contributed by atoms with Crippen LogP contribution in [-0.4, -0.2) is 16.0 Å². The van der Waals surface area contributed by atoms with Crippen LogP contribution in [0.1, 0.15) is 39.3 Å². The van der Waals surface area contributed by atoms with Gasteiger partial charge >= 0.3 is 0 Å². The van der Waals surface area contributed by atoms with Crippen molar-refractivity contribution in [1.29, 1.82) is 0 Å². The molecular formula is C12H22N4. The number of nitrogen functional groups attached to an aromatic ring is 1. The molecule has 90 valence electrons. The highest BCUT2D eigenvalue weighted by Crippen LogP contribution is 2.17. The van der Waals surface area contributed by atoms with Crippen molar-refractivity contribution in [3.8, 4) is 0 Å². The standard InChI is InChI=1S/C12H22N4/c1-5-10(6-2)9(4)15-11-7-8(3)14-12(13)16-11/h7,9-10H,5-6H2,1-4H3,(H3,13,14,15,16). The SMILES string of the molecule is CCC(CC)C(C)Nc1cc(C)nc(N)n1. The maximum Gasteiger partial charge on any atom is 0.222 e. The molecule has 1 atom stereocenters. The number of rotatable bonds is 5. The van der Waals surface area contributed by atoms with Gasteiger partial charge in [-0.05, 0) is 19.8 Å². The Labute approximate surface area is 97.7 Å². The third-order valence-corrected chi connectivity index (χ3v) is 3.00. The zero-order chi connectivity index (χ0) is 12.1. The highest BCUT2D eigenvalue weighted by molar-refractivity contribution is 5.40. The molecular weight excluding hydrogens is 200 g/mol. The van der Waals surface area contributed by atoms with Crippen molar-refractivity contribution in [1.82, 2.24) is 9.97 Å². The van der Waals surface area contributed by atoms with E-state index in [9.17, 15) is 0 Å². The maximum atomic E-state index is 5.61. The van der Waals surface area contributed by atoms with E-state index in [2.05, 4.69) is 36.1 Å². The van der Waals surface area contributed by atoms with Crippen molar-refractivity contribution in [2.24, 2.45) is 5.92 Å². The van der Waals surface area contributed by atoms with Crippen molar-refractivity contribution in [3.05, 3.63) is 11.8 Å². The van der Waals surface area contributed by atoms with Gasteiger partial charge in [-0.15, -0.1) is 0 Å². The number of nitrogens with two attached hydrogens (primary N) is 1. The maximum absolute atomic E-state index is 5.61. The van der Waals surface area contributed by atoms with E-state index in [1.165, 1.54) is 12.8 Å². The van der Waals surface area contributed by atoms with Gasteiger partial charge in [-0.2, -0.15) is 4.98 Å². The van der Waals surface area contributed by atoms with E-state index in [1.54, 1.807) is 0 Å². The van der Waals surface area contributed by atoms with E-state index in [1.807, 2.05) is 13.0 Å². The molecule has 1 heterocycles. The number of hydrogen-bond acceptors (Lipinski definition) is 4. The average molecular weight is 222 g/mol. The highest BCUT2D eigenvalue weighted by atomic mass is 15.1. The molecule has 0 aliphatic rings. The van der Waals surface area contributed by atoms with E-state index in [0.717, 1.165) is 11.5 Å². The van der Waals surface area contributed by atoms with Crippen LogP contribution in [0.15, 0.2) is 6.07 Å². The molecule has 0 fully saturated rings. The third-order valence-electron chi connectivity index (χ3n) is 3.00. The summed E-state index contributed by atoms with van der Waals surface area (Å²) in [6.07, 6.45) is 2.34. The van der Waals surface area contributed by atoms with Gasteiger partial charge in [0.1, 0.15) is 5.82 Å². The van der Waals surface area contributed by atoms with Crippen LogP contribution in [0.4, 0.5) is 11.8 Å². The lowest BCUT2D eigenvalue weighted by molar-refractivity contribution is 0.437. The van der Waals surface area contributed by atoms with E-state index >= 15 is 0 Å². The van der Waals surface area contributed by atoms with Gasteiger partial charge in [-0.3, -0.25) is 0 Å². The van der Waals surface area contributed by atoms with Crippen LogP contribution in [0.5, 0.6) is 0 Å². The Bertz CT molecular complexity index is 314. The van der Waals surface area contributed by atoms with Crippen LogP contribution in [-0.2, 0) is 0 Å². The van der Waals surface area contributed by atoms with Gasteiger partial charge in [0.25, 0.3) is 0 Å². The molecule has 4 nitrogen and oxygen atoms in total. The summed E-state index contributed by atoms with van der Waals surface area (Å²) in [7, 11) is 0. The molecule has 3 N–H and O–H groups in total. The molecule has 1 aromatic heterocycles. The molecule has 0 aliphatic heterocycles. The summed E-state index contributed by atoms with van der Waals surface area (Å²) < 4.78 is 0. The Morgan fingerprint density at radius 2 is 1.94 bits per heavy atom. The number of nitrogens with one attached hydrogen (secondary N) is 1.